The fraction of sp³-hybridized carbons (Fsp3) is 0.429. The Kier molecular flexibility index (Phi) is 5.02. The van der Waals surface area contributed by atoms with Crippen LogP contribution in [-0.2, 0) is 36.0 Å². The number of hydrogen-bond donors (Lipinski definition) is 3. The monoisotopic (exact) mass is 387 g/mol. The minimum Gasteiger partial charge on any atom is -0.478 e. The highest BCUT2D eigenvalue weighted by Crippen LogP contribution is 2.34. The van der Waals surface area contributed by atoms with E-state index in [0.717, 1.165) is 28.3 Å². The molecule has 2 aromatic heterocycles. The summed E-state index contributed by atoms with van der Waals surface area (Å²) < 4.78 is 27.6. The van der Waals surface area contributed by atoms with Crippen LogP contribution in [0.25, 0.3) is 0 Å². The lowest BCUT2D eigenvalue weighted by molar-refractivity contribution is 0.0692. The number of aromatic carboxylic acids is 1. The number of rotatable bonds is 6. The molecule has 0 amide bonds. The van der Waals surface area contributed by atoms with Gasteiger partial charge < -0.3 is 10.4 Å². The van der Waals surface area contributed by atoms with Crippen LogP contribution in [0, 0.1) is 0 Å². The van der Waals surface area contributed by atoms with Crippen LogP contribution < -0.4 is 10.0 Å². The Balaban J connectivity index is 1.89. The van der Waals surface area contributed by atoms with E-state index >= 15 is 0 Å². The van der Waals surface area contributed by atoms with Gasteiger partial charge >= 0.3 is 5.97 Å². The first kappa shape index (κ1) is 17.5. The molecular weight excluding hydrogens is 370 g/mol. The predicted octanol–water partition coefficient (Wildman–Crippen LogP) is 1.59. The molecule has 10 heteroatoms. The Hall–Kier alpha value is -1.33. The van der Waals surface area contributed by atoms with Crippen LogP contribution in [0.4, 0.5) is 0 Å². The van der Waals surface area contributed by atoms with Crippen LogP contribution in [0.5, 0.6) is 0 Å². The van der Waals surface area contributed by atoms with E-state index in [9.17, 15) is 18.3 Å². The summed E-state index contributed by atoms with van der Waals surface area (Å²) in [5, 5.41) is 15.2. The normalized spacial score (nSPS) is 14.5. The van der Waals surface area contributed by atoms with E-state index in [1.165, 1.54) is 11.3 Å². The number of nitrogens with one attached hydrogen (secondary N) is 2. The lowest BCUT2D eigenvalue weighted by atomic mass is 10.1. The van der Waals surface area contributed by atoms with E-state index in [1.807, 2.05) is 12.3 Å². The minimum atomic E-state index is -3.90. The van der Waals surface area contributed by atoms with Gasteiger partial charge in [-0.05, 0) is 24.9 Å². The fourth-order valence-corrected chi connectivity index (χ4v) is 6.33. The van der Waals surface area contributed by atoms with Gasteiger partial charge in [-0.15, -0.1) is 22.7 Å². The molecular formula is C14H17N3O4S3. The van der Waals surface area contributed by atoms with Crippen molar-refractivity contribution in [3.8, 4) is 0 Å². The number of thiophene rings is 1. The SMILES string of the molecule is CCc1csc(CNS(=O)(=O)c2sc3c(c2C(=O)O)CCNC3)n1. The Morgan fingerprint density at radius 1 is 1.50 bits per heavy atom. The third kappa shape index (κ3) is 3.38. The number of fused-ring (bicyclic) bond motifs is 1. The Morgan fingerprint density at radius 2 is 2.29 bits per heavy atom. The first-order valence-electron chi connectivity index (χ1n) is 7.44. The molecule has 0 saturated carbocycles. The molecule has 3 rings (SSSR count). The Labute approximate surface area is 147 Å². The van der Waals surface area contributed by atoms with Gasteiger partial charge in [-0.2, -0.15) is 0 Å². The van der Waals surface area contributed by atoms with Gasteiger partial charge in [0.2, 0.25) is 0 Å². The van der Waals surface area contributed by atoms with Crippen molar-refractivity contribution in [3.63, 3.8) is 0 Å². The second-order valence-corrected chi connectivity index (χ2v) is 9.32. The number of sulfonamides is 1. The molecule has 0 bridgehead atoms. The van der Waals surface area contributed by atoms with E-state index in [2.05, 4.69) is 15.0 Å². The standard InChI is InChI=1S/C14H17N3O4S3/c1-2-8-7-22-11(17-8)6-16-24(20,21)14-12(13(18)19)9-3-4-15-5-10(9)23-14/h7,15-16H,2-6H2,1H3,(H,18,19). The van der Waals surface area contributed by atoms with E-state index in [-0.39, 0.29) is 16.3 Å². The lowest BCUT2D eigenvalue weighted by Gasteiger charge is -2.12. The molecule has 0 aromatic carbocycles. The van der Waals surface area contributed by atoms with Gasteiger partial charge in [-0.25, -0.2) is 22.9 Å². The van der Waals surface area contributed by atoms with E-state index < -0.39 is 16.0 Å². The van der Waals surface area contributed by atoms with Crippen molar-refractivity contribution in [1.29, 1.82) is 0 Å². The summed E-state index contributed by atoms with van der Waals surface area (Å²) in [7, 11) is -3.90. The second-order valence-electron chi connectivity index (χ2n) is 5.31. The van der Waals surface area contributed by atoms with E-state index in [0.29, 0.717) is 30.1 Å². The summed E-state index contributed by atoms with van der Waals surface area (Å²) in [6.07, 6.45) is 1.31. The number of aryl methyl sites for hydroxylation is 1. The maximum absolute atomic E-state index is 12.6. The van der Waals surface area contributed by atoms with Gasteiger partial charge in [0, 0.05) is 16.8 Å². The van der Waals surface area contributed by atoms with Crippen LogP contribution in [0.15, 0.2) is 9.59 Å². The smallest absolute Gasteiger partial charge is 0.338 e. The number of carbonyl (C=O) groups is 1. The molecule has 0 saturated heterocycles. The summed E-state index contributed by atoms with van der Waals surface area (Å²) in [5.74, 6) is -1.20. The first-order valence-corrected chi connectivity index (χ1v) is 10.6. The molecule has 0 spiro atoms. The van der Waals surface area contributed by atoms with E-state index in [1.54, 1.807) is 0 Å². The van der Waals surface area contributed by atoms with Crippen LogP contribution >= 0.6 is 22.7 Å². The summed E-state index contributed by atoms with van der Waals surface area (Å²) in [4.78, 5) is 16.7. The van der Waals surface area contributed by atoms with Gasteiger partial charge in [-0.1, -0.05) is 6.92 Å². The molecule has 0 radical (unpaired) electrons. The van der Waals surface area contributed by atoms with Gasteiger partial charge in [0.15, 0.2) is 0 Å². The topological polar surface area (TPSA) is 108 Å². The van der Waals surface area contributed by atoms with Crippen molar-refractivity contribution >= 4 is 38.7 Å². The molecule has 0 atom stereocenters. The molecule has 0 unspecified atom stereocenters. The fourth-order valence-electron chi connectivity index (χ4n) is 2.53. The second kappa shape index (κ2) is 6.89. The average Bonchev–Trinajstić information content (AvgIpc) is 3.17. The Bertz CT molecular complexity index is 870. The zero-order chi connectivity index (χ0) is 17.3. The van der Waals surface area contributed by atoms with Crippen molar-refractivity contribution in [2.24, 2.45) is 0 Å². The summed E-state index contributed by atoms with van der Waals surface area (Å²) in [6.45, 7) is 3.19. The molecule has 3 heterocycles. The zero-order valence-corrected chi connectivity index (χ0v) is 15.4. The number of nitrogens with zero attached hydrogens (tertiary/aromatic N) is 1. The van der Waals surface area contributed by atoms with Crippen molar-refractivity contribution in [2.45, 2.75) is 37.1 Å². The molecule has 7 nitrogen and oxygen atoms in total. The van der Waals surface area contributed by atoms with Gasteiger partial charge in [0.1, 0.15) is 9.22 Å². The predicted molar refractivity (Wildman–Crippen MR) is 92.2 cm³/mol. The average molecular weight is 388 g/mol. The van der Waals surface area contributed by atoms with Gasteiger partial charge in [0.05, 0.1) is 17.8 Å². The lowest BCUT2D eigenvalue weighted by Crippen LogP contribution is -2.25. The summed E-state index contributed by atoms with van der Waals surface area (Å²) >= 11 is 2.42. The largest absolute Gasteiger partial charge is 0.478 e. The maximum Gasteiger partial charge on any atom is 0.338 e. The Morgan fingerprint density at radius 3 is 2.96 bits per heavy atom. The van der Waals surface area contributed by atoms with E-state index in [4.69, 9.17) is 0 Å². The van der Waals surface area contributed by atoms with Crippen molar-refractivity contribution in [1.82, 2.24) is 15.0 Å². The molecule has 0 fully saturated rings. The van der Waals surface area contributed by atoms with Crippen LogP contribution in [0.1, 0.15) is 38.4 Å². The third-order valence-corrected chi connectivity index (χ3v) is 7.78. The third-order valence-electron chi connectivity index (χ3n) is 3.73. The number of thiazole rings is 1. The molecule has 0 aliphatic carbocycles. The molecule has 130 valence electrons. The maximum atomic E-state index is 12.6. The highest BCUT2D eigenvalue weighted by molar-refractivity contribution is 7.91. The minimum absolute atomic E-state index is 0.0624. The quantitative estimate of drug-likeness (QED) is 0.695. The zero-order valence-electron chi connectivity index (χ0n) is 13.0. The number of aromatic nitrogens is 1. The number of carboxylic acid groups (broad SMARTS) is 1. The highest BCUT2D eigenvalue weighted by atomic mass is 32.2. The molecule has 3 N–H and O–H groups in total. The molecule has 1 aliphatic heterocycles. The number of carboxylic acids is 1. The van der Waals surface area contributed by atoms with Crippen LogP contribution in [0.2, 0.25) is 0 Å². The first-order chi connectivity index (χ1) is 11.4. The van der Waals surface area contributed by atoms with Crippen LogP contribution in [0.3, 0.4) is 0 Å². The highest BCUT2D eigenvalue weighted by Gasteiger charge is 2.31. The van der Waals surface area contributed by atoms with Crippen LogP contribution in [-0.4, -0.2) is 31.0 Å². The molecule has 2 aromatic rings. The summed E-state index contributed by atoms with van der Waals surface area (Å²) in [5.41, 5.74) is 1.46. The van der Waals surface area contributed by atoms with Crippen molar-refractivity contribution in [3.05, 3.63) is 32.1 Å². The van der Waals surface area contributed by atoms with Crippen molar-refractivity contribution in [2.75, 3.05) is 6.54 Å². The molecule has 24 heavy (non-hydrogen) atoms. The molecule has 1 aliphatic rings. The van der Waals surface area contributed by atoms with Gasteiger partial charge in [0.25, 0.3) is 10.0 Å². The number of hydrogen-bond acceptors (Lipinski definition) is 7. The van der Waals surface area contributed by atoms with Gasteiger partial charge in [-0.3, -0.25) is 0 Å². The summed E-state index contributed by atoms with van der Waals surface area (Å²) in [6, 6.07) is 0. The van der Waals surface area contributed by atoms with Crippen molar-refractivity contribution < 1.29 is 18.3 Å².